The maximum atomic E-state index is 5.63. The molecule has 2 N–H and O–H groups in total. The Balaban J connectivity index is 0.00000338. The number of ether oxygens (including phenoxy) is 2. The Morgan fingerprint density at radius 1 is 1.19 bits per heavy atom. The quantitative estimate of drug-likeness (QED) is 0.257. The summed E-state index contributed by atoms with van der Waals surface area (Å²) in [5.41, 5.74) is 2.22. The first-order valence-corrected chi connectivity index (χ1v) is 9.02. The molecule has 8 heteroatoms. The SMILES string of the molecule is CN=C(NCc1cccc(OCCOC)c1)NCc1nc(C)c(C)s1.I. The van der Waals surface area contributed by atoms with Gasteiger partial charge < -0.3 is 20.1 Å². The average Bonchev–Trinajstić information content (AvgIpc) is 2.94. The summed E-state index contributed by atoms with van der Waals surface area (Å²) in [5.74, 6) is 1.59. The van der Waals surface area contributed by atoms with Crippen LogP contribution in [0.15, 0.2) is 29.3 Å². The van der Waals surface area contributed by atoms with Gasteiger partial charge in [0.05, 0.1) is 18.8 Å². The van der Waals surface area contributed by atoms with Gasteiger partial charge >= 0.3 is 0 Å². The summed E-state index contributed by atoms with van der Waals surface area (Å²) >= 11 is 1.71. The van der Waals surface area contributed by atoms with Crippen molar-refractivity contribution in [3.63, 3.8) is 0 Å². The Bertz CT molecular complexity index is 687. The number of hydrogen-bond acceptors (Lipinski definition) is 5. The molecule has 2 rings (SSSR count). The lowest BCUT2D eigenvalue weighted by Crippen LogP contribution is -2.36. The third-order valence-electron chi connectivity index (χ3n) is 3.62. The molecule has 0 bridgehead atoms. The van der Waals surface area contributed by atoms with Gasteiger partial charge in [0.15, 0.2) is 5.96 Å². The van der Waals surface area contributed by atoms with Gasteiger partial charge in [0.25, 0.3) is 0 Å². The number of benzene rings is 1. The van der Waals surface area contributed by atoms with E-state index in [2.05, 4.69) is 33.6 Å². The molecule has 0 radical (unpaired) electrons. The smallest absolute Gasteiger partial charge is 0.191 e. The number of methoxy groups -OCH3 is 1. The minimum atomic E-state index is 0. The second kappa shape index (κ2) is 12.1. The van der Waals surface area contributed by atoms with Gasteiger partial charge in [0, 0.05) is 25.6 Å². The van der Waals surface area contributed by atoms with Gasteiger partial charge in [-0.05, 0) is 31.5 Å². The summed E-state index contributed by atoms with van der Waals surface area (Å²) in [4.78, 5) is 10.0. The molecule has 1 heterocycles. The first-order chi connectivity index (χ1) is 12.1. The molecule has 2 aromatic rings. The molecule has 6 nitrogen and oxygen atoms in total. The summed E-state index contributed by atoms with van der Waals surface area (Å²) in [6.07, 6.45) is 0. The highest BCUT2D eigenvalue weighted by atomic mass is 127. The van der Waals surface area contributed by atoms with E-state index in [1.54, 1.807) is 25.5 Å². The number of nitrogens with zero attached hydrogens (tertiary/aromatic N) is 2. The molecule has 0 aliphatic heterocycles. The van der Waals surface area contributed by atoms with Gasteiger partial charge in [-0.2, -0.15) is 0 Å². The Morgan fingerprint density at radius 2 is 1.96 bits per heavy atom. The van der Waals surface area contributed by atoms with Crippen LogP contribution in [0.2, 0.25) is 0 Å². The van der Waals surface area contributed by atoms with Crippen molar-refractivity contribution in [1.82, 2.24) is 15.6 Å². The van der Waals surface area contributed by atoms with Crippen molar-refractivity contribution in [2.75, 3.05) is 27.4 Å². The zero-order valence-corrected chi connectivity index (χ0v) is 18.8. The number of guanidine groups is 1. The number of thiazole rings is 1. The zero-order valence-electron chi connectivity index (χ0n) is 15.7. The fourth-order valence-electron chi connectivity index (χ4n) is 2.17. The lowest BCUT2D eigenvalue weighted by atomic mass is 10.2. The standard InChI is InChI=1S/C18H26N4O2S.HI/c1-13-14(2)25-17(22-13)12-21-18(19-3)20-11-15-6-5-7-16(10-15)24-9-8-23-4;/h5-7,10H,8-9,11-12H2,1-4H3,(H2,19,20,21);1H. The van der Waals surface area contributed by atoms with Gasteiger partial charge in [-0.15, -0.1) is 35.3 Å². The van der Waals surface area contributed by atoms with E-state index in [1.165, 1.54) is 4.88 Å². The Kier molecular flexibility index (Phi) is 10.5. The van der Waals surface area contributed by atoms with Crippen molar-refractivity contribution < 1.29 is 9.47 Å². The molecule has 0 atom stereocenters. The van der Waals surface area contributed by atoms with E-state index in [0.29, 0.717) is 26.3 Å². The molecule has 0 unspecified atom stereocenters. The third-order valence-corrected chi connectivity index (χ3v) is 4.69. The van der Waals surface area contributed by atoms with Crippen LogP contribution in [-0.2, 0) is 17.8 Å². The lowest BCUT2D eigenvalue weighted by molar-refractivity contribution is 0.146. The van der Waals surface area contributed by atoms with Crippen LogP contribution in [-0.4, -0.2) is 38.3 Å². The minimum absolute atomic E-state index is 0. The second-order valence-electron chi connectivity index (χ2n) is 5.52. The van der Waals surface area contributed by atoms with Crippen molar-refractivity contribution in [3.8, 4) is 5.75 Å². The number of rotatable bonds is 8. The highest BCUT2D eigenvalue weighted by Gasteiger charge is 2.05. The summed E-state index contributed by atoms with van der Waals surface area (Å²) < 4.78 is 10.6. The molecule has 0 aliphatic carbocycles. The van der Waals surface area contributed by atoms with Gasteiger partial charge in [-0.25, -0.2) is 4.98 Å². The van der Waals surface area contributed by atoms with Crippen molar-refractivity contribution in [2.45, 2.75) is 26.9 Å². The van der Waals surface area contributed by atoms with E-state index in [4.69, 9.17) is 9.47 Å². The molecule has 26 heavy (non-hydrogen) atoms. The molecular formula is C18H27IN4O2S. The molecule has 0 aliphatic rings. The highest BCUT2D eigenvalue weighted by Crippen LogP contribution is 2.16. The monoisotopic (exact) mass is 490 g/mol. The van der Waals surface area contributed by atoms with Crippen molar-refractivity contribution >= 4 is 41.3 Å². The highest BCUT2D eigenvalue weighted by molar-refractivity contribution is 14.0. The van der Waals surface area contributed by atoms with Crippen LogP contribution >= 0.6 is 35.3 Å². The number of aryl methyl sites for hydroxylation is 2. The number of aromatic nitrogens is 1. The predicted molar refractivity (Wildman–Crippen MR) is 118 cm³/mol. The van der Waals surface area contributed by atoms with E-state index in [9.17, 15) is 0 Å². The van der Waals surface area contributed by atoms with Crippen LogP contribution in [0.4, 0.5) is 0 Å². The maximum absolute atomic E-state index is 5.63. The molecule has 0 fully saturated rings. The Morgan fingerprint density at radius 3 is 2.62 bits per heavy atom. The summed E-state index contributed by atoms with van der Waals surface area (Å²) in [7, 11) is 3.43. The zero-order chi connectivity index (χ0) is 18.1. The van der Waals surface area contributed by atoms with Crippen LogP contribution in [0.3, 0.4) is 0 Å². The van der Waals surface area contributed by atoms with Gasteiger partial charge in [-0.1, -0.05) is 12.1 Å². The van der Waals surface area contributed by atoms with Crippen molar-refractivity contribution in [2.24, 2.45) is 4.99 Å². The van der Waals surface area contributed by atoms with Crippen LogP contribution in [0.1, 0.15) is 21.1 Å². The molecular weight excluding hydrogens is 463 g/mol. The molecule has 0 spiro atoms. The van der Waals surface area contributed by atoms with Crippen LogP contribution in [0.25, 0.3) is 0 Å². The molecule has 0 saturated carbocycles. The van der Waals surface area contributed by atoms with E-state index in [0.717, 1.165) is 28.0 Å². The average molecular weight is 490 g/mol. The Hall–Kier alpha value is -1.39. The van der Waals surface area contributed by atoms with Crippen LogP contribution < -0.4 is 15.4 Å². The van der Waals surface area contributed by atoms with E-state index < -0.39 is 0 Å². The molecule has 0 amide bonds. The maximum Gasteiger partial charge on any atom is 0.191 e. The summed E-state index contributed by atoms with van der Waals surface area (Å²) in [6.45, 7) is 6.57. The summed E-state index contributed by atoms with van der Waals surface area (Å²) in [5, 5.41) is 7.66. The first kappa shape index (κ1) is 22.7. The van der Waals surface area contributed by atoms with Gasteiger partial charge in [0.1, 0.15) is 17.4 Å². The normalized spacial score (nSPS) is 11.0. The largest absolute Gasteiger partial charge is 0.491 e. The molecule has 0 saturated heterocycles. The van der Waals surface area contributed by atoms with Crippen LogP contribution in [0.5, 0.6) is 5.75 Å². The topological polar surface area (TPSA) is 67.8 Å². The van der Waals surface area contributed by atoms with Crippen molar-refractivity contribution in [3.05, 3.63) is 45.4 Å². The number of halogens is 1. The van der Waals surface area contributed by atoms with Crippen LogP contribution in [0, 0.1) is 13.8 Å². The number of hydrogen-bond donors (Lipinski definition) is 2. The van der Waals surface area contributed by atoms with E-state index in [-0.39, 0.29) is 24.0 Å². The molecule has 1 aromatic carbocycles. The first-order valence-electron chi connectivity index (χ1n) is 8.20. The van der Waals surface area contributed by atoms with Gasteiger partial charge in [0.2, 0.25) is 0 Å². The molecule has 144 valence electrons. The Labute approximate surface area is 176 Å². The van der Waals surface area contributed by atoms with E-state index >= 15 is 0 Å². The van der Waals surface area contributed by atoms with Crippen molar-refractivity contribution in [1.29, 1.82) is 0 Å². The predicted octanol–water partition coefficient (Wildman–Crippen LogP) is 3.27. The number of aliphatic imine (C=N–C) groups is 1. The van der Waals surface area contributed by atoms with Gasteiger partial charge in [-0.3, -0.25) is 4.99 Å². The minimum Gasteiger partial charge on any atom is -0.491 e. The lowest BCUT2D eigenvalue weighted by Gasteiger charge is -2.12. The third kappa shape index (κ3) is 7.46. The molecule has 1 aromatic heterocycles. The second-order valence-corrected chi connectivity index (χ2v) is 6.80. The fraction of sp³-hybridized carbons (Fsp3) is 0.444. The fourth-order valence-corrected chi connectivity index (χ4v) is 3.04. The van der Waals surface area contributed by atoms with E-state index in [1.807, 2.05) is 25.1 Å². The summed E-state index contributed by atoms with van der Waals surface area (Å²) in [6, 6.07) is 8.00. The number of nitrogens with one attached hydrogen (secondary N) is 2.